The Labute approximate surface area is 172 Å². The number of amides is 2. The number of phenolic OH excluding ortho intramolecular Hbond substituents is 1. The van der Waals surface area contributed by atoms with Crippen LogP contribution in [0.25, 0.3) is 23.1 Å². The number of para-hydroxylation sites is 2. The number of anilines is 1. The molecule has 2 heterocycles. The lowest BCUT2D eigenvalue weighted by Crippen LogP contribution is -2.29. The van der Waals surface area contributed by atoms with Crippen molar-refractivity contribution >= 4 is 40.6 Å². The number of hydrogen-bond acceptors (Lipinski definition) is 4. The van der Waals surface area contributed by atoms with Crippen molar-refractivity contribution in [1.82, 2.24) is 4.98 Å². The summed E-state index contributed by atoms with van der Waals surface area (Å²) in [6, 6.07) is 23.1. The maximum Gasteiger partial charge on any atom is 0.266 e. The highest BCUT2D eigenvalue weighted by Gasteiger charge is 2.36. The lowest BCUT2D eigenvalue weighted by atomic mass is 10.1. The Morgan fingerprint density at radius 2 is 1.43 bits per heavy atom. The number of aromatic nitrogens is 1. The van der Waals surface area contributed by atoms with Crippen molar-refractivity contribution in [2.45, 2.75) is 0 Å². The molecule has 1 aliphatic rings. The van der Waals surface area contributed by atoms with Gasteiger partial charge in [0.05, 0.1) is 22.5 Å². The highest BCUT2D eigenvalue weighted by Crippen LogP contribution is 2.31. The van der Waals surface area contributed by atoms with Gasteiger partial charge in [-0.1, -0.05) is 54.6 Å². The molecule has 5 nitrogen and oxygen atoms in total. The molecule has 30 heavy (non-hydrogen) atoms. The van der Waals surface area contributed by atoms with Gasteiger partial charge >= 0.3 is 0 Å². The van der Waals surface area contributed by atoms with E-state index in [9.17, 15) is 14.7 Å². The molecular weight excluding hydrogens is 376 g/mol. The van der Waals surface area contributed by atoms with Crippen LogP contribution in [0.15, 0.2) is 78.9 Å². The smallest absolute Gasteiger partial charge is 0.266 e. The summed E-state index contributed by atoms with van der Waals surface area (Å²) in [6.07, 6.45) is 3.61. The summed E-state index contributed by atoms with van der Waals surface area (Å²) in [5.74, 6) is -0.537. The summed E-state index contributed by atoms with van der Waals surface area (Å²) >= 11 is 0. The van der Waals surface area contributed by atoms with Crippen molar-refractivity contribution in [3.8, 4) is 5.75 Å². The number of fused-ring (bicyclic) bond motifs is 2. The van der Waals surface area contributed by atoms with Gasteiger partial charge in [-0.05, 0) is 42.0 Å². The van der Waals surface area contributed by atoms with E-state index in [-0.39, 0.29) is 17.6 Å². The van der Waals surface area contributed by atoms with Crippen molar-refractivity contribution < 1.29 is 14.7 Å². The molecule has 1 aliphatic heterocycles. The van der Waals surface area contributed by atoms with Gasteiger partial charge in [0.25, 0.3) is 11.8 Å². The fraction of sp³-hybridized carbons (Fsp3) is 0. The molecule has 5 rings (SSSR count). The third-order valence-corrected chi connectivity index (χ3v) is 5.13. The Kier molecular flexibility index (Phi) is 4.14. The number of phenols is 1. The number of imide groups is 1. The number of benzene rings is 3. The number of rotatable bonds is 3. The van der Waals surface area contributed by atoms with E-state index in [0.29, 0.717) is 33.6 Å². The fourth-order valence-electron chi connectivity index (χ4n) is 3.65. The molecule has 0 radical (unpaired) electrons. The molecule has 5 heteroatoms. The molecule has 1 N–H and O–H groups in total. The van der Waals surface area contributed by atoms with Crippen LogP contribution < -0.4 is 4.90 Å². The van der Waals surface area contributed by atoms with Crippen LogP contribution in [0, 0.1) is 0 Å². The average Bonchev–Trinajstić information content (AvgIpc) is 3.03. The van der Waals surface area contributed by atoms with Gasteiger partial charge in [-0.25, -0.2) is 9.88 Å². The summed E-state index contributed by atoms with van der Waals surface area (Å²) in [5.41, 5.74) is 3.23. The van der Waals surface area contributed by atoms with E-state index in [4.69, 9.17) is 0 Å². The predicted molar refractivity (Wildman–Crippen MR) is 116 cm³/mol. The lowest BCUT2D eigenvalue weighted by Gasteiger charge is -2.16. The number of aromatic hydroxyl groups is 1. The topological polar surface area (TPSA) is 70.5 Å². The van der Waals surface area contributed by atoms with Gasteiger partial charge in [0, 0.05) is 5.39 Å². The molecular formula is C25H16N2O3. The number of carbonyl (C=O) groups excluding carboxylic acids is 2. The second-order valence-electron chi connectivity index (χ2n) is 6.97. The summed E-state index contributed by atoms with van der Waals surface area (Å²) < 4.78 is 0. The van der Waals surface area contributed by atoms with E-state index in [1.54, 1.807) is 54.6 Å². The molecule has 0 bridgehead atoms. The molecule has 0 atom stereocenters. The van der Waals surface area contributed by atoms with Crippen molar-refractivity contribution in [3.63, 3.8) is 0 Å². The normalized spacial score (nSPS) is 13.4. The van der Waals surface area contributed by atoms with Gasteiger partial charge in [0.2, 0.25) is 0 Å². The fourth-order valence-corrected chi connectivity index (χ4v) is 3.65. The van der Waals surface area contributed by atoms with Crippen molar-refractivity contribution in [2.24, 2.45) is 0 Å². The van der Waals surface area contributed by atoms with Crippen LogP contribution in [0.4, 0.5) is 5.69 Å². The van der Waals surface area contributed by atoms with Gasteiger partial charge in [0.15, 0.2) is 0 Å². The number of nitrogens with zero attached hydrogens (tertiary/aromatic N) is 2. The van der Waals surface area contributed by atoms with E-state index in [1.807, 2.05) is 36.4 Å². The first-order valence-electron chi connectivity index (χ1n) is 9.47. The Bertz CT molecular complexity index is 1320. The van der Waals surface area contributed by atoms with Crippen LogP contribution in [0.5, 0.6) is 5.75 Å². The molecule has 4 aromatic rings. The molecule has 3 aromatic carbocycles. The largest absolute Gasteiger partial charge is 0.506 e. The van der Waals surface area contributed by atoms with Crippen LogP contribution in [-0.2, 0) is 0 Å². The number of pyridine rings is 1. The second kappa shape index (κ2) is 6.97. The van der Waals surface area contributed by atoms with Crippen LogP contribution in [-0.4, -0.2) is 21.9 Å². The Hall–Kier alpha value is -4.25. The first-order chi connectivity index (χ1) is 14.6. The summed E-state index contributed by atoms with van der Waals surface area (Å²) in [6.45, 7) is 0. The Balaban J connectivity index is 1.53. The van der Waals surface area contributed by atoms with E-state index < -0.39 is 0 Å². The van der Waals surface area contributed by atoms with Crippen molar-refractivity contribution in [1.29, 1.82) is 0 Å². The maximum atomic E-state index is 12.9. The van der Waals surface area contributed by atoms with Crippen LogP contribution in [0.3, 0.4) is 0 Å². The van der Waals surface area contributed by atoms with Crippen LogP contribution in [0.2, 0.25) is 0 Å². The minimum Gasteiger partial charge on any atom is -0.506 e. The molecule has 0 aliphatic carbocycles. The molecule has 0 fully saturated rings. The summed E-state index contributed by atoms with van der Waals surface area (Å²) in [4.78, 5) is 31.4. The summed E-state index contributed by atoms with van der Waals surface area (Å²) in [7, 11) is 0. The highest BCUT2D eigenvalue weighted by atomic mass is 16.3. The SMILES string of the molecule is O=C1c2ccccc2C(=O)N1c1ccccc1C=Cc1ccc2cccc(O)c2n1. The van der Waals surface area contributed by atoms with Crippen LogP contribution in [0.1, 0.15) is 32.0 Å². The van der Waals surface area contributed by atoms with E-state index in [0.717, 1.165) is 5.39 Å². The molecule has 2 amide bonds. The van der Waals surface area contributed by atoms with Gasteiger partial charge in [-0.3, -0.25) is 9.59 Å². The maximum absolute atomic E-state index is 12.9. The molecule has 1 aromatic heterocycles. The zero-order valence-electron chi connectivity index (χ0n) is 15.8. The second-order valence-corrected chi connectivity index (χ2v) is 6.97. The Morgan fingerprint density at radius 3 is 2.20 bits per heavy atom. The number of carbonyl (C=O) groups is 2. The monoisotopic (exact) mass is 392 g/mol. The highest BCUT2D eigenvalue weighted by molar-refractivity contribution is 6.34. The minimum atomic E-state index is -0.329. The quantitative estimate of drug-likeness (QED) is 0.503. The molecule has 0 spiro atoms. The average molecular weight is 392 g/mol. The standard InChI is InChI=1S/C25H16N2O3/c28-22-11-5-7-17-13-15-18(26-23(17)22)14-12-16-6-1-4-10-21(16)27-24(29)19-8-2-3-9-20(19)25(27)30/h1-15,28H. The van der Waals surface area contributed by atoms with Gasteiger partial charge in [0.1, 0.15) is 11.3 Å². The van der Waals surface area contributed by atoms with Crippen LogP contribution >= 0.6 is 0 Å². The first-order valence-corrected chi connectivity index (χ1v) is 9.47. The first kappa shape index (κ1) is 17.8. The van der Waals surface area contributed by atoms with Gasteiger partial charge < -0.3 is 5.11 Å². The zero-order chi connectivity index (χ0) is 20.7. The molecule has 0 saturated heterocycles. The molecule has 0 saturated carbocycles. The third-order valence-electron chi connectivity index (χ3n) is 5.13. The molecule has 144 valence electrons. The minimum absolute atomic E-state index is 0.120. The predicted octanol–water partition coefficient (Wildman–Crippen LogP) is 4.91. The Morgan fingerprint density at radius 1 is 0.733 bits per heavy atom. The lowest BCUT2D eigenvalue weighted by molar-refractivity contribution is 0.0926. The van der Waals surface area contributed by atoms with E-state index in [1.165, 1.54) is 4.90 Å². The summed E-state index contributed by atoms with van der Waals surface area (Å²) in [5, 5.41) is 10.9. The van der Waals surface area contributed by atoms with E-state index in [2.05, 4.69) is 4.98 Å². The molecule has 0 unspecified atom stereocenters. The zero-order valence-corrected chi connectivity index (χ0v) is 15.8. The van der Waals surface area contributed by atoms with Gasteiger partial charge in [-0.15, -0.1) is 0 Å². The van der Waals surface area contributed by atoms with Crippen molar-refractivity contribution in [3.05, 3.63) is 101 Å². The van der Waals surface area contributed by atoms with Crippen molar-refractivity contribution in [2.75, 3.05) is 4.90 Å². The van der Waals surface area contributed by atoms with Gasteiger partial charge in [-0.2, -0.15) is 0 Å². The van der Waals surface area contributed by atoms with E-state index >= 15 is 0 Å². The number of hydrogen-bond donors (Lipinski definition) is 1. The third kappa shape index (κ3) is 2.84.